The number of ether oxygens (including phenoxy) is 8. The van der Waals surface area contributed by atoms with E-state index in [1.165, 1.54) is 25.0 Å². The number of amides is 1. The molecular formula is C62H107FN6O15. The number of carbonyl (C=O) groups excluding carboxylic acids is 2. The fourth-order valence-electron chi connectivity index (χ4n) is 14.5. The summed E-state index contributed by atoms with van der Waals surface area (Å²) in [6.45, 7) is 33.3. The molecular weight excluding hydrogens is 1090 g/mol. The fraction of sp³-hybridized carbons (Fsp3) is 0.871. The van der Waals surface area contributed by atoms with Crippen LogP contribution in [0.1, 0.15) is 129 Å². The molecule has 0 saturated carbocycles. The number of cyclic esters (lactones) is 2. The molecule has 0 aromatic heterocycles. The van der Waals surface area contributed by atoms with Gasteiger partial charge in [-0.2, -0.15) is 0 Å². The normalized spacial score (nSPS) is 40.1. The van der Waals surface area contributed by atoms with Gasteiger partial charge in [0.25, 0.3) is 0 Å². The third kappa shape index (κ3) is 15.4. The molecule has 7 rings (SSSR count). The lowest BCUT2D eigenvalue weighted by Crippen LogP contribution is -2.64. The van der Waals surface area contributed by atoms with Gasteiger partial charge in [-0.05, 0) is 134 Å². The number of esters is 1. The SMILES string of the molecule is CC[C@H]1OC(=O)[C@H](C)[C@@H](O[C@H]2C[C@@](C)(OC)[C@@H](O)[C@H](C)O2)[C@H](C)[C@@H](O[C@@H]2O[C@H](C)C[C@H](N(C)C(C)(C)CN3CCN(C(C)(C)C[C@H]4CN(c5ccc(N6CCOCC6)c(F)c5)C(=O)O4)CC3)[C@H]2O)[C@](C)(O)C[C@@H](C)CN(C)[C@H](C)[C@@H](O)[C@]1(C)O. The minimum atomic E-state index is -1.85. The molecule has 19 atom stereocenters. The van der Waals surface area contributed by atoms with Crippen LogP contribution in [0.15, 0.2) is 18.2 Å². The van der Waals surface area contributed by atoms with Crippen molar-refractivity contribution in [1.29, 1.82) is 0 Å². The first kappa shape index (κ1) is 68.6. The van der Waals surface area contributed by atoms with Gasteiger partial charge in [0.1, 0.15) is 41.9 Å². The molecule has 6 aliphatic heterocycles. The van der Waals surface area contributed by atoms with Crippen molar-refractivity contribution in [2.45, 2.75) is 237 Å². The highest BCUT2D eigenvalue weighted by Crippen LogP contribution is 2.42. The zero-order chi connectivity index (χ0) is 62.2. The van der Waals surface area contributed by atoms with Crippen molar-refractivity contribution in [2.24, 2.45) is 17.8 Å². The highest BCUT2D eigenvalue weighted by atomic mass is 19.1. The van der Waals surface area contributed by atoms with Crippen LogP contribution in [0.25, 0.3) is 0 Å². The van der Waals surface area contributed by atoms with Crippen LogP contribution in [-0.4, -0.2) is 258 Å². The van der Waals surface area contributed by atoms with Gasteiger partial charge in [0.15, 0.2) is 12.6 Å². The molecule has 0 bridgehead atoms. The van der Waals surface area contributed by atoms with Gasteiger partial charge in [-0.15, -0.1) is 0 Å². The summed E-state index contributed by atoms with van der Waals surface area (Å²) >= 11 is 0. The Bertz CT molecular complexity index is 2320. The van der Waals surface area contributed by atoms with E-state index in [0.717, 1.165) is 26.2 Å². The molecule has 6 aliphatic rings. The van der Waals surface area contributed by atoms with E-state index in [9.17, 15) is 35.1 Å². The van der Waals surface area contributed by atoms with E-state index in [1.807, 2.05) is 44.7 Å². The second kappa shape index (κ2) is 27.5. The molecule has 6 fully saturated rings. The Morgan fingerprint density at radius 2 is 1.51 bits per heavy atom. The molecule has 21 nitrogen and oxygen atoms in total. The monoisotopic (exact) mass is 1190 g/mol. The topological polar surface area (TPSA) is 229 Å². The zero-order valence-electron chi connectivity index (χ0n) is 53.7. The molecule has 0 unspecified atom stereocenters. The van der Waals surface area contributed by atoms with Crippen molar-refractivity contribution in [3.63, 3.8) is 0 Å². The van der Waals surface area contributed by atoms with E-state index in [0.29, 0.717) is 70.2 Å². The summed E-state index contributed by atoms with van der Waals surface area (Å²) in [6, 6.07) is 3.90. The second-order valence-corrected chi connectivity index (χ2v) is 27.8. The quantitative estimate of drug-likeness (QED) is 0.148. The number of methoxy groups -OCH3 is 1. The van der Waals surface area contributed by atoms with E-state index in [1.54, 1.807) is 53.7 Å². The van der Waals surface area contributed by atoms with Crippen LogP contribution in [0.3, 0.4) is 0 Å². The number of anilines is 2. The minimum Gasteiger partial charge on any atom is -0.459 e. The number of nitrogens with zero attached hydrogens (tertiary/aromatic N) is 6. The minimum absolute atomic E-state index is 0.0943. The Morgan fingerprint density at radius 1 is 0.857 bits per heavy atom. The summed E-state index contributed by atoms with van der Waals surface area (Å²) in [4.78, 5) is 40.4. The zero-order valence-corrected chi connectivity index (χ0v) is 53.7. The van der Waals surface area contributed by atoms with Crippen LogP contribution in [0.4, 0.5) is 20.6 Å². The van der Waals surface area contributed by atoms with Crippen LogP contribution < -0.4 is 9.80 Å². The molecule has 5 N–H and O–H groups in total. The number of likely N-dealkylation sites (N-methyl/N-ethyl adjacent to an activating group) is 2. The van der Waals surface area contributed by atoms with Gasteiger partial charge in [-0.25, -0.2) is 9.18 Å². The highest BCUT2D eigenvalue weighted by Gasteiger charge is 2.54. The first-order valence-corrected chi connectivity index (χ1v) is 31.0. The van der Waals surface area contributed by atoms with Crippen LogP contribution in [0.2, 0.25) is 0 Å². The first-order chi connectivity index (χ1) is 39.1. The molecule has 6 heterocycles. The van der Waals surface area contributed by atoms with Crippen LogP contribution >= 0.6 is 0 Å². The van der Waals surface area contributed by atoms with E-state index < -0.39 is 114 Å². The van der Waals surface area contributed by atoms with Gasteiger partial charge in [-0.1, -0.05) is 20.8 Å². The van der Waals surface area contributed by atoms with Gasteiger partial charge in [0.05, 0.1) is 72.7 Å². The molecule has 1 aromatic carbocycles. The highest BCUT2D eigenvalue weighted by molar-refractivity contribution is 5.90. The van der Waals surface area contributed by atoms with Crippen molar-refractivity contribution in [3.8, 4) is 0 Å². The van der Waals surface area contributed by atoms with Crippen LogP contribution in [-0.2, 0) is 42.7 Å². The number of benzene rings is 1. The van der Waals surface area contributed by atoms with Gasteiger partial charge >= 0.3 is 12.1 Å². The Morgan fingerprint density at radius 3 is 2.13 bits per heavy atom. The number of aliphatic hydroxyl groups excluding tert-OH is 3. The van der Waals surface area contributed by atoms with Crippen molar-refractivity contribution >= 4 is 23.4 Å². The number of hydrogen-bond donors (Lipinski definition) is 5. The Balaban J connectivity index is 1.06. The summed E-state index contributed by atoms with van der Waals surface area (Å²) in [6.07, 6.45) is -9.46. The number of halogens is 1. The Kier molecular flexibility index (Phi) is 22.4. The number of aliphatic hydroxyl groups is 5. The van der Waals surface area contributed by atoms with Gasteiger partial charge in [0.2, 0.25) is 0 Å². The maximum atomic E-state index is 15.4. The third-order valence-corrected chi connectivity index (χ3v) is 20.0. The number of piperazine rings is 1. The molecule has 1 amide bonds. The van der Waals surface area contributed by atoms with Crippen LogP contribution in [0.5, 0.6) is 0 Å². The lowest BCUT2D eigenvalue weighted by atomic mass is 9.77. The molecule has 84 heavy (non-hydrogen) atoms. The number of morpholine rings is 1. The van der Waals surface area contributed by atoms with Crippen molar-refractivity contribution in [1.82, 2.24) is 19.6 Å². The molecule has 22 heteroatoms. The first-order valence-electron chi connectivity index (χ1n) is 31.0. The fourth-order valence-corrected chi connectivity index (χ4v) is 14.5. The maximum Gasteiger partial charge on any atom is 0.414 e. The average molecular weight is 1200 g/mol. The average Bonchev–Trinajstić information content (AvgIpc) is 3.99. The third-order valence-electron chi connectivity index (χ3n) is 20.0. The smallest absolute Gasteiger partial charge is 0.414 e. The number of hydrogen-bond acceptors (Lipinski definition) is 20. The summed E-state index contributed by atoms with van der Waals surface area (Å²) in [5.74, 6) is -3.20. The van der Waals surface area contributed by atoms with E-state index >= 15 is 4.39 Å². The molecule has 1 aromatic rings. The van der Waals surface area contributed by atoms with Gasteiger partial charge in [0, 0.05) is 101 Å². The maximum absolute atomic E-state index is 15.4. The number of rotatable bonds is 15. The lowest BCUT2D eigenvalue weighted by molar-refractivity contribution is -0.319. The van der Waals surface area contributed by atoms with E-state index in [-0.39, 0.29) is 48.7 Å². The predicted molar refractivity (Wildman–Crippen MR) is 316 cm³/mol. The second-order valence-electron chi connectivity index (χ2n) is 27.8. The summed E-state index contributed by atoms with van der Waals surface area (Å²) in [7, 11) is 5.38. The van der Waals surface area contributed by atoms with Crippen molar-refractivity contribution in [3.05, 3.63) is 24.0 Å². The van der Waals surface area contributed by atoms with E-state index in [2.05, 4.69) is 42.4 Å². The number of carbonyl (C=O) groups is 2. The molecule has 482 valence electrons. The Labute approximate surface area is 500 Å². The summed E-state index contributed by atoms with van der Waals surface area (Å²) in [5.41, 5.74) is -4.37. The summed E-state index contributed by atoms with van der Waals surface area (Å²) < 4.78 is 65.5. The van der Waals surface area contributed by atoms with Crippen molar-refractivity contribution in [2.75, 3.05) is 103 Å². The van der Waals surface area contributed by atoms with Crippen LogP contribution in [0, 0.1) is 23.6 Å². The standard InChI is InChI=1S/C62H107FN6O15/c1-18-48-62(14,76)52(71)41(6)64(15)34-37(2)31-60(12,75)54(39(4)51(40(5)55(73)82-48)83-49-33-61(13,77-17)53(72)42(7)80-49)84-56-50(70)47(29-38(3)79-56)65(16)59(10,11)36-66-21-23-68(24-22-66)58(8,9)32-44-35-69(57(74)81-44)43-19-20-46(45(63)30-43)67-25-27-78-28-26-67/h19-20,30,37-42,44,47-54,56,70-72,75-76H,18,21-29,31-36H2,1-17H3/t37-,38-,39+,40-,41-,42+,44+,47+,48-,49+,50-,51+,52-,53+,54-,56+,60-,61-,62-/m1/s1. The van der Waals surface area contributed by atoms with Gasteiger partial charge in [-0.3, -0.25) is 24.4 Å². The largest absolute Gasteiger partial charge is 0.459 e. The molecule has 6 saturated heterocycles. The predicted octanol–water partition coefficient (Wildman–Crippen LogP) is 4.84. The molecule has 0 aliphatic carbocycles. The van der Waals surface area contributed by atoms with Crippen molar-refractivity contribution < 1.29 is 77.4 Å². The van der Waals surface area contributed by atoms with E-state index in [4.69, 9.17) is 37.9 Å². The Hall–Kier alpha value is -2.91. The molecule has 0 spiro atoms. The van der Waals surface area contributed by atoms with Gasteiger partial charge < -0.3 is 73.2 Å². The summed E-state index contributed by atoms with van der Waals surface area (Å²) in [5, 5.41) is 60.5. The lowest BCUT2D eigenvalue weighted by Gasteiger charge is -2.52. The molecule has 0 radical (unpaired) electrons.